The number of aromatic nitrogens is 2. The lowest BCUT2D eigenvalue weighted by atomic mass is 10.3. The van der Waals surface area contributed by atoms with Crippen molar-refractivity contribution in [2.75, 3.05) is 0 Å². The molecule has 0 saturated carbocycles. The number of carbonyl (C=O) groups is 1. The lowest BCUT2D eigenvalue weighted by molar-refractivity contribution is 0.0457. The Balaban J connectivity index is 1.96. The van der Waals surface area contributed by atoms with Crippen LogP contribution in [0, 0.1) is 13.8 Å². The SMILES string of the molecule is Cc1nc(COC(=O)c2ccoc2C)no1. The quantitative estimate of drug-likeness (QED) is 0.734. The first-order valence-corrected chi connectivity index (χ1v) is 4.67. The molecule has 2 aromatic rings. The first kappa shape index (κ1) is 10.4. The van der Waals surface area contributed by atoms with Crippen LogP contribution in [0.1, 0.15) is 27.8 Å². The maximum atomic E-state index is 11.5. The molecule has 2 aromatic heterocycles. The second-order valence-corrected chi connectivity index (χ2v) is 3.20. The monoisotopic (exact) mass is 222 g/mol. The van der Waals surface area contributed by atoms with Crippen molar-refractivity contribution in [2.45, 2.75) is 20.5 Å². The third-order valence-corrected chi connectivity index (χ3v) is 1.98. The molecule has 0 aliphatic rings. The summed E-state index contributed by atoms with van der Waals surface area (Å²) in [6.07, 6.45) is 1.43. The molecule has 0 unspecified atom stereocenters. The number of esters is 1. The Labute approximate surface area is 91.2 Å². The van der Waals surface area contributed by atoms with Crippen LogP contribution in [0.25, 0.3) is 0 Å². The van der Waals surface area contributed by atoms with E-state index in [4.69, 9.17) is 13.7 Å². The van der Waals surface area contributed by atoms with Gasteiger partial charge in [-0.2, -0.15) is 4.98 Å². The summed E-state index contributed by atoms with van der Waals surface area (Å²) in [5.74, 6) is 0.834. The van der Waals surface area contributed by atoms with Crippen LogP contribution < -0.4 is 0 Å². The van der Waals surface area contributed by atoms with E-state index in [0.29, 0.717) is 23.0 Å². The number of ether oxygens (including phenoxy) is 1. The molecule has 0 amide bonds. The summed E-state index contributed by atoms with van der Waals surface area (Å²) in [6, 6.07) is 1.55. The topological polar surface area (TPSA) is 78.4 Å². The molecule has 0 aromatic carbocycles. The molecule has 84 valence electrons. The zero-order valence-corrected chi connectivity index (χ0v) is 8.89. The van der Waals surface area contributed by atoms with Gasteiger partial charge < -0.3 is 13.7 Å². The van der Waals surface area contributed by atoms with Crippen molar-refractivity contribution < 1.29 is 18.5 Å². The van der Waals surface area contributed by atoms with Crippen LogP contribution in [-0.2, 0) is 11.3 Å². The summed E-state index contributed by atoms with van der Waals surface area (Å²) >= 11 is 0. The summed E-state index contributed by atoms with van der Waals surface area (Å²) in [7, 11) is 0. The van der Waals surface area contributed by atoms with Crippen molar-refractivity contribution in [1.82, 2.24) is 10.1 Å². The largest absolute Gasteiger partial charge is 0.469 e. The minimum atomic E-state index is -0.464. The van der Waals surface area contributed by atoms with E-state index in [0.717, 1.165) is 0 Å². The zero-order valence-electron chi connectivity index (χ0n) is 8.89. The summed E-state index contributed by atoms with van der Waals surface area (Å²) in [5.41, 5.74) is 0.403. The normalized spacial score (nSPS) is 10.4. The van der Waals surface area contributed by atoms with Crippen molar-refractivity contribution in [3.05, 3.63) is 35.4 Å². The van der Waals surface area contributed by atoms with Gasteiger partial charge in [0.15, 0.2) is 6.61 Å². The van der Waals surface area contributed by atoms with E-state index >= 15 is 0 Å². The van der Waals surface area contributed by atoms with Gasteiger partial charge in [0.25, 0.3) is 0 Å². The van der Waals surface area contributed by atoms with Gasteiger partial charge in [-0.05, 0) is 13.0 Å². The Morgan fingerprint density at radius 1 is 1.50 bits per heavy atom. The summed E-state index contributed by atoms with van der Waals surface area (Å²) in [6.45, 7) is 3.34. The van der Waals surface area contributed by atoms with Crippen molar-refractivity contribution in [2.24, 2.45) is 0 Å². The van der Waals surface area contributed by atoms with Gasteiger partial charge in [0.2, 0.25) is 11.7 Å². The van der Waals surface area contributed by atoms with E-state index in [1.807, 2.05) is 0 Å². The zero-order chi connectivity index (χ0) is 11.5. The predicted molar refractivity (Wildman–Crippen MR) is 51.6 cm³/mol. The third kappa shape index (κ3) is 2.10. The van der Waals surface area contributed by atoms with Crippen molar-refractivity contribution in [3.8, 4) is 0 Å². The molecule has 0 aliphatic heterocycles. The van der Waals surface area contributed by atoms with E-state index in [1.165, 1.54) is 6.26 Å². The van der Waals surface area contributed by atoms with Crippen LogP contribution in [0.3, 0.4) is 0 Å². The molecule has 6 heteroatoms. The van der Waals surface area contributed by atoms with Crippen LogP contribution in [0.2, 0.25) is 0 Å². The second-order valence-electron chi connectivity index (χ2n) is 3.20. The minimum absolute atomic E-state index is 0.0131. The highest BCUT2D eigenvalue weighted by molar-refractivity contribution is 5.90. The van der Waals surface area contributed by atoms with Gasteiger partial charge in [0.05, 0.1) is 6.26 Å². The van der Waals surface area contributed by atoms with E-state index in [9.17, 15) is 4.79 Å². The molecule has 16 heavy (non-hydrogen) atoms. The van der Waals surface area contributed by atoms with E-state index in [2.05, 4.69) is 10.1 Å². The number of aryl methyl sites for hydroxylation is 2. The lowest BCUT2D eigenvalue weighted by Gasteiger charge is -1.99. The molecule has 0 aliphatic carbocycles. The Morgan fingerprint density at radius 2 is 2.31 bits per heavy atom. The van der Waals surface area contributed by atoms with Crippen LogP contribution in [0.5, 0.6) is 0 Å². The molecular formula is C10H10N2O4. The fourth-order valence-electron chi connectivity index (χ4n) is 1.20. The van der Waals surface area contributed by atoms with Gasteiger partial charge in [-0.1, -0.05) is 5.16 Å². The molecule has 0 fully saturated rings. The van der Waals surface area contributed by atoms with Gasteiger partial charge in [0.1, 0.15) is 11.3 Å². The second kappa shape index (κ2) is 4.18. The first-order chi connectivity index (χ1) is 7.66. The number of hydrogen-bond acceptors (Lipinski definition) is 6. The summed E-state index contributed by atoms with van der Waals surface area (Å²) < 4.78 is 14.7. The maximum absolute atomic E-state index is 11.5. The third-order valence-electron chi connectivity index (χ3n) is 1.98. The van der Waals surface area contributed by atoms with E-state index in [-0.39, 0.29) is 6.61 Å². The number of carbonyl (C=O) groups excluding carboxylic acids is 1. The molecule has 0 N–H and O–H groups in total. The smallest absolute Gasteiger partial charge is 0.342 e. The minimum Gasteiger partial charge on any atom is -0.469 e. The average Bonchev–Trinajstić information content (AvgIpc) is 2.84. The van der Waals surface area contributed by atoms with Crippen LogP contribution in [0.15, 0.2) is 21.3 Å². The fourth-order valence-corrected chi connectivity index (χ4v) is 1.20. The molecule has 0 bridgehead atoms. The maximum Gasteiger partial charge on any atom is 0.342 e. The van der Waals surface area contributed by atoms with Gasteiger partial charge >= 0.3 is 5.97 Å². The van der Waals surface area contributed by atoms with Gasteiger partial charge in [-0.3, -0.25) is 0 Å². The Hall–Kier alpha value is -2.11. The molecule has 2 rings (SSSR count). The van der Waals surface area contributed by atoms with Gasteiger partial charge in [-0.15, -0.1) is 0 Å². The fraction of sp³-hybridized carbons (Fsp3) is 0.300. The number of nitrogens with zero attached hydrogens (tertiary/aromatic N) is 2. The molecule has 0 atom stereocenters. The van der Waals surface area contributed by atoms with E-state index in [1.54, 1.807) is 19.9 Å². The molecule has 0 spiro atoms. The highest BCUT2D eigenvalue weighted by atomic mass is 16.5. The van der Waals surface area contributed by atoms with Gasteiger partial charge in [-0.25, -0.2) is 4.79 Å². The Morgan fingerprint density at radius 3 is 2.88 bits per heavy atom. The first-order valence-electron chi connectivity index (χ1n) is 4.67. The molecular weight excluding hydrogens is 212 g/mol. The summed E-state index contributed by atoms with van der Waals surface area (Å²) in [5, 5.41) is 3.60. The van der Waals surface area contributed by atoms with Crippen molar-refractivity contribution in [1.29, 1.82) is 0 Å². The molecule has 0 saturated heterocycles. The van der Waals surface area contributed by atoms with Crippen molar-refractivity contribution >= 4 is 5.97 Å². The Bertz CT molecular complexity index is 500. The Kier molecular flexibility index (Phi) is 2.72. The average molecular weight is 222 g/mol. The van der Waals surface area contributed by atoms with Gasteiger partial charge in [0, 0.05) is 6.92 Å². The van der Waals surface area contributed by atoms with E-state index < -0.39 is 5.97 Å². The predicted octanol–water partition coefficient (Wildman–Crippen LogP) is 1.64. The highest BCUT2D eigenvalue weighted by Gasteiger charge is 2.14. The molecule has 0 radical (unpaired) electrons. The number of hydrogen-bond donors (Lipinski definition) is 0. The van der Waals surface area contributed by atoms with Crippen LogP contribution in [0.4, 0.5) is 0 Å². The number of rotatable bonds is 3. The highest BCUT2D eigenvalue weighted by Crippen LogP contribution is 2.11. The van der Waals surface area contributed by atoms with Crippen molar-refractivity contribution in [3.63, 3.8) is 0 Å². The molecule has 2 heterocycles. The summed E-state index contributed by atoms with van der Waals surface area (Å²) in [4.78, 5) is 15.4. The van der Waals surface area contributed by atoms with Crippen LogP contribution in [-0.4, -0.2) is 16.1 Å². The molecule has 6 nitrogen and oxygen atoms in total. The number of furan rings is 1. The standard InChI is InChI=1S/C10H10N2O4/c1-6-8(3-4-14-6)10(13)15-5-9-11-7(2)16-12-9/h3-4H,5H2,1-2H3. The lowest BCUT2D eigenvalue weighted by Crippen LogP contribution is -2.06. The van der Waals surface area contributed by atoms with Crippen LogP contribution >= 0.6 is 0 Å².